The van der Waals surface area contributed by atoms with Gasteiger partial charge in [0.1, 0.15) is 11.5 Å². The number of nitrogens with zero attached hydrogens (tertiary/aromatic N) is 2. The number of hydrogen-bond donors (Lipinski definition) is 2. The van der Waals surface area contributed by atoms with E-state index in [0.29, 0.717) is 16.5 Å². The van der Waals surface area contributed by atoms with E-state index >= 15 is 0 Å². The number of amides is 1. The summed E-state index contributed by atoms with van der Waals surface area (Å²) >= 11 is 0. The molecule has 0 aliphatic carbocycles. The number of rotatable bonds is 3. The number of hydrogen-bond acceptors (Lipinski definition) is 5. The van der Waals surface area contributed by atoms with Crippen molar-refractivity contribution < 1.29 is 9.21 Å². The second-order valence-electron chi connectivity index (χ2n) is 5.41. The number of nitrogens with one attached hydrogen (secondary N) is 2. The van der Waals surface area contributed by atoms with Crippen LogP contribution >= 0.6 is 0 Å². The van der Waals surface area contributed by atoms with Gasteiger partial charge in [-0.25, -0.2) is 10.5 Å². The summed E-state index contributed by atoms with van der Waals surface area (Å²) < 4.78 is 5.45. The summed E-state index contributed by atoms with van der Waals surface area (Å²) in [7, 11) is 0. The predicted octanol–water partition coefficient (Wildman–Crippen LogP) is 2.29. The minimum atomic E-state index is -0.500. The zero-order chi connectivity index (χ0) is 17.3. The molecule has 0 radical (unpaired) electrons. The van der Waals surface area contributed by atoms with Gasteiger partial charge in [-0.2, -0.15) is 10.2 Å². The van der Waals surface area contributed by atoms with E-state index in [0.717, 1.165) is 17.1 Å². The molecule has 0 aliphatic heterocycles. The van der Waals surface area contributed by atoms with Gasteiger partial charge in [0.2, 0.25) is 0 Å². The SMILES string of the molecule is C/C(=N/NC(=O)c1n[nH]c(=O)c2ccccc12)c1cc(C)oc1C. The van der Waals surface area contributed by atoms with Crippen LogP contribution in [0, 0.1) is 13.8 Å². The number of aryl methyl sites for hydroxylation is 2. The number of carbonyl (C=O) groups excluding carboxylic acids is 1. The molecule has 122 valence electrons. The van der Waals surface area contributed by atoms with Crippen molar-refractivity contribution in [3.63, 3.8) is 0 Å². The third-order valence-corrected chi connectivity index (χ3v) is 3.67. The van der Waals surface area contributed by atoms with Gasteiger partial charge in [0.15, 0.2) is 5.69 Å². The van der Waals surface area contributed by atoms with Gasteiger partial charge in [-0.15, -0.1) is 0 Å². The highest BCUT2D eigenvalue weighted by Crippen LogP contribution is 2.15. The molecule has 0 bridgehead atoms. The van der Waals surface area contributed by atoms with E-state index in [1.165, 1.54) is 0 Å². The summed E-state index contributed by atoms with van der Waals surface area (Å²) in [6, 6.07) is 8.64. The number of H-pyrrole nitrogens is 1. The summed E-state index contributed by atoms with van der Waals surface area (Å²) in [4.78, 5) is 24.1. The fourth-order valence-corrected chi connectivity index (χ4v) is 2.53. The minimum absolute atomic E-state index is 0.113. The van der Waals surface area contributed by atoms with Crippen LogP contribution in [-0.4, -0.2) is 21.8 Å². The second kappa shape index (κ2) is 6.11. The molecular formula is C17H16N4O3. The van der Waals surface area contributed by atoms with Crippen LogP contribution in [0.25, 0.3) is 10.8 Å². The van der Waals surface area contributed by atoms with E-state index in [4.69, 9.17) is 4.42 Å². The third-order valence-electron chi connectivity index (χ3n) is 3.67. The molecule has 2 N–H and O–H groups in total. The highest BCUT2D eigenvalue weighted by molar-refractivity contribution is 6.06. The molecule has 7 heteroatoms. The summed E-state index contributed by atoms with van der Waals surface area (Å²) in [5, 5.41) is 11.1. The van der Waals surface area contributed by atoms with Crippen molar-refractivity contribution in [3.8, 4) is 0 Å². The van der Waals surface area contributed by atoms with Gasteiger partial charge in [0, 0.05) is 10.9 Å². The highest BCUT2D eigenvalue weighted by atomic mass is 16.3. The van der Waals surface area contributed by atoms with Gasteiger partial charge in [-0.05, 0) is 32.9 Å². The lowest BCUT2D eigenvalue weighted by molar-refractivity contribution is 0.0950. The normalized spacial score (nSPS) is 11.7. The number of fused-ring (bicyclic) bond motifs is 1. The van der Waals surface area contributed by atoms with Crippen molar-refractivity contribution in [2.24, 2.45) is 5.10 Å². The van der Waals surface area contributed by atoms with Crippen molar-refractivity contribution in [1.82, 2.24) is 15.6 Å². The summed E-state index contributed by atoms with van der Waals surface area (Å²) in [5.41, 5.74) is 3.68. The molecule has 0 aliphatic rings. The van der Waals surface area contributed by atoms with E-state index in [2.05, 4.69) is 20.7 Å². The topological polar surface area (TPSA) is 100 Å². The smallest absolute Gasteiger partial charge is 0.292 e. The molecule has 2 aromatic heterocycles. The highest BCUT2D eigenvalue weighted by Gasteiger charge is 2.14. The van der Waals surface area contributed by atoms with E-state index in [1.54, 1.807) is 31.2 Å². The van der Waals surface area contributed by atoms with Gasteiger partial charge in [-0.3, -0.25) is 9.59 Å². The lowest BCUT2D eigenvalue weighted by Gasteiger charge is -2.04. The first-order valence-electron chi connectivity index (χ1n) is 7.37. The summed E-state index contributed by atoms with van der Waals surface area (Å²) in [6.07, 6.45) is 0. The molecule has 24 heavy (non-hydrogen) atoms. The fourth-order valence-electron chi connectivity index (χ4n) is 2.53. The van der Waals surface area contributed by atoms with E-state index < -0.39 is 5.91 Å². The van der Waals surface area contributed by atoms with Crippen LogP contribution < -0.4 is 11.0 Å². The lowest BCUT2D eigenvalue weighted by Crippen LogP contribution is -2.23. The van der Waals surface area contributed by atoms with E-state index in [-0.39, 0.29) is 11.3 Å². The van der Waals surface area contributed by atoms with Crippen molar-refractivity contribution in [3.05, 3.63) is 63.5 Å². The number of benzene rings is 1. The Bertz CT molecular complexity index is 1010. The number of hydrazone groups is 1. The quantitative estimate of drug-likeness (QED) is 0.570. The van der Waals surface area contributed by atoms with Crippen LogP contribution in [0.2, 0.25) is 0 Å². The van der Waals surface area contributed by atoms with Crippen LogP contribution in [0.15, 0.2) is 44.6 Å². The van der Waals surface area contributed by atoms with Gasteiger partial charge in [0.25, 0.3) is 11.5 Å². The first-order chi connectivity index (χ1) is 11.5. The molecule has 0 spiro atoms. The Morgan fingerprint density at radius 3 is 2.62 bits per heavy atom. The average molecular weight is 324 g/mol. The van der Waals surface area contributed by atoms with Crippen LogP contribution in [0.3, 0.4) is 0 Å². The van der Waals surface area contributed by atoms with E-state index in [1.807, 2.05) is 19.9 Å². The second-order valence-corrected chi connectivity index (χ2v) is 5.41. The van der Waals surface area contributed by atoms with Crippen LogP contribution in [-0.2, 0) is 0 Å². The maximum Gasteiger partial charge on any atom is 0.292 e. The maximum absolute atomic E-state index is 12.4. The first-order valence-corrected chi connectivity index (χ1v) is 7.37. The van der Waals surface area contributed by atoms with Crippen molar-refractivity contribution in [2.75, 3.05) is 0 Å². The molecule has 1 amide bonds. The van der Waals surface area contributed by atoms with Crippen molar-refractivity contribution in [1.29, 1.82) is 0 Å². The number of furan rings is 1. The monoisotopic (exact) mass is 324 g/mol. The third kappa shape index (κ3) is 2.83. The Balaban J connectivity index is 1.91. The Morgan fingerprint density at radius 1 is 1.25 bits per heavy atom. The van der Waals surface area contributed by atoms with Gasteiger partial charge >= 0.3 is 0 Å². The molecule has 0 saturated heterocycles. The predicted molar refractivity (Wildman–Crippen MR) is 90.2 cm³/mol. The molecule has 0 unspecified atom stereocenters. The molecule has 0 atom stereocenters. The number of aromatic amines is 1. The molecule has 7 nitrogen and oxygen atoms in total. The molecule has 0 fully saturated rings. The van der Waals surface area contributed by atoms with Crippen LogP contribution in [0.5, 0.6) is 0 Å². The minimum Gasteiger partial charge on any atom is -0.466 e. The van der Waals surface area contributed by atoms with Gasteiger partial charge in [-0.1, -0.05) is 18.2 Å². The Morgan fingerprint density at radius 2 is 1.96 bits per heavy atom. The van der Waals surface area contributed by atoms with Crippen molar-refractivity contribution >= 4 is 22.4 Å². The largest absolute Gasteiger partial charge is 0.466 e. The van der Waals surface area contributed by atoms with E-state index in [9.17, 15) is 9.59 Å². The maximum atomic E-state index is 12.4. The lowest BCUT2D eigenvalue weighted by atomic mass is 10.1. The van der Waals surface area contributed by atoms with Gasteiger partial charge in [0.05, 0.1) is 11.1 Å². The molecule has 1 aromatic carbocycles. The van der Waals surface area contributed by atoms with Crippen LogP contribution in [0.4, 0.5) is 0 Å². The summed E-state index contributed by atoms with van der Waals surface area (Å²) in [5.74, 6) is 1.01. The Labute approximate surface area is 137 Å². The molecule has 3 rings (SSSR count). The Kier molecular flexibility index (Phi) is 3.99. The number of aromatic nitrogens is 2. The van der Waals surface area contributed by atoms with Gasteiger partial charge < -0.3 is 4.42 Å². The van der Waals surface area contributed by atoms with Crippen molar-refractivity contribution in [2.45, 2.75) is 20.8 Å². The fraction of sp³-hybridized carbons (Fsp3) is 0.176. The standard InChI is InChI=1S/C17H16N4O3/c1-9-8-14(11(3)24-9)10(2)18-21-17(23)15-12-6-4-5-7-13(12)16(22)20-19-15/h4-8H,1-3H3,(H,20,22)(H,21,23)/b18-10-. The zero-order valence-corrected chi connectivity index (χ0v) is 13.5. The van der Waals surface area contributed by atoms with Crippen LogP contribution in [0.1, 0.15) is 34.5 Å². The Hall–Kier alpha value is -3.22. The first kappa shape index (κ1) is 15.7. The molecular weight excluding hydrogens is 308 g/mol. The molecule has 2 heterocycles. The molecule has 0 saturated carbocycles. The zero-order valence-electron chi connectivity index (χ0n) is 13.5. The number of carbonyl (C=O) groups is 1. The molecule has 3 aromatic rings. The average Bonchev–Trinajstić information content (AvgIpc) is 2.91. The summed E-state index contributed by atoms with van der Waals surface area (Å²) in [6.45, 7) is 5.45.